The van der Waals surface area contributed by atoms with Crippen LogP contribution in [0, 0.1) is 12.8 Å². The number of piperidine rings is 1. The Morgan fingerprint density at radius 3 is 2.78 bits per heavy atom. The maximum absolute atomic E-state index is 3.49. The first-order valence-electron chi connectivity index (χ1n) is 6.69. The lowest BCUT2D eigenvalue weighted by atomic mass is 9.99. The van der Waals surface area contributed by atoms with E-state index in [9.17, 15) is 0 Å². The van der Waals surface area contributed by atoms with Crippen LogP contribution in [0.25, 0.3) is 0 Å². The topological polar surface area (TPSA) is 15.3 Å². The van der Waals surface area contributed by atoms with Crippen molar-refractivity contribution < 1.29 is 0 Å². The number of benzene rings is 1. The Morgan fingerprint density at radius 2 is 2.11 bits per heavy atom. The van der Waals surface area contributed by atoms with Crippen LogP contribution in [-0.4, -0.2) is 31.6 Å². The molecule has 1 saturated heterocycles. The van der Waals surface area contributed by atoms with E-state index in [0.29, 0.717) is 0 Å². The van der Waals surface area contributed by atoms with Crippen LogP contribution < -0.4 is 5.32 Å². The summed E-state index contributed by atoms with van der Waals surface area (Å²) in [4.78, 5) is 2.46. The van der Waals surface area contributed by atoms with Crippen molar-refractivity contribution in [3.8, 4) is 0 Å². The van der Waals surface area contributed by atoms with Gasteiger partial charge in [0.05, 0.1) is 0 Å². The van der Waals surface area contributed by atoms with Crippen molar-refractivity contribution in [2.24, 2.45) is 5.92 Å². The molecule has 1 heterocycles. The van der Waals surface area contributed by atoms with Crippen molar-refractivity contribution >= 4 is 12.4 Å². The fourth-order valence-electron chi connectivity index (χ4n) is 2.66. The molecule has 2 rings (SSSR count). The van der Waals surface area contributed by atoms with Crippen LogP contribution in [0.1, 0.15) is 24.0 Å². The van der Waals surface area contributed by atoms with Crippen LogP contribution in [-0.2, 0) is 6.54 Å². The van der Waals surface area contributed by atoms with E-state index in [1.54, 1.807) is 0 Å². The third kappa shape index (κ3) is 4.60. The highest BCUT2D eigenvalue weighted by atomic mass is 35.5. The van der Waals surface area contributed by atoms with Gasteiger partial charge in [-0.25, -0.2) is 0 Å². The van der Waals surface area contributed by atoms with Crippen LogP contribution in [0.3, 0.4) is 0 Å². The standard InChI is InChI=1S/C15H24N2.ClH/c1-13-6-3-4-8-15(13)12-17(2)11-14-7-5-9-16-10-14;/h3-4,6,8,14,16H,5,7,9-12H2,1-2H3;1H. The van der Waals surface area contributed by atoms with Crippen LogP contribution in [0.5, 0.6) is 0 Å². The van der Waals surface area contributed by atoms with Crippen molar-refractivity contribution in [2.45, 2.75) is 26.3 Å². The van der Waals surface area contributed by atoms with Gasteiger partial charge in [0.2, 0.25) is 0 Å². The number of hydrogen-bond donors (Lipinski definition) is 1. The first-order chi connectivity index (χ1) is 8.25. The van der Waals surface area contributed by atoms with E-state index in [-0.39, 0.29) is 12.4 Å². The summed E-state index contributed by atoms with van der Waals surface area (Å²) >= 11 is 0. The van der Waals surface area contributed by atoms with Crippen molar-refractivity contribution in [2.75, 3.05) is 26.7 Å². The Morgan fingerprint density at radius 1 is 1.33 bits per heavy atom. The summed E-state index contributed by atoms with van der Waals surface area (Å²) in [6.45, 7) is 6.88. The molecule has 1 aliphatic heterocycles. The van der Waals surface area contributed by atoms with Gasteiger partial charge >= 0.3 is 0 Å². The lowest BCUT2D eigenvalue weighted by Crippen LogP contribution is -2.36. The maximum atomic E-state index is 3.49. The van der Waals surface area contributed by atoms with Gasteiger partial charge in [-0.3, -0.25) is 0 Å². The molecule has 1 aromatic rings. The molecule has 1 aliphatic rings. The van der Waals surface area contributed by atoms with Crippen LogP contribution >= 0.6 is 12.4 Å². The molecule has 0 spiro atoms. The SMILES string of the molecule is Cc1ccccc1CN(C)CC1CCCNC1.Cl. The van der Waals surface area contributed by atoms with Crippen LogP contribution in [0.2, 0.25) is 0 Å². The summed E-state index contributed by atoms with van der Waals surface area (Å²) < 4.78 is 0. The van der Waals surface area contributed by atoms with Crippen molar-refractivity contribution in [3.05, 3.63) is 35.4 Å². The van der Waals surface area contributed by atoms with Gasteiger partial charge in [0.1, 0.15) is 0 Å². The predicted octanol–water partition coefficient (Wildman–Crippen LogP) is 2.85. The molecule has 1 atom stereocenters. The zero-order chi connectivity index (χ0) is 12.1. The summed E-state index contributed by atoms with van der Waals surface area (Å²) in [5.74, 6) is 0.831. The quantitative estimate of drug-likeness (QED) is 0.903. The molecule has 0 aliphatic carbocycles. The molecule has 2 nitrogen and oxygen atoms in total. The fraction of sp³-hybridized carbons (Fsp3) is 0.600. The van der Waals surface area contributed by atoms with Gasteiger partial charge in [0.25, 0.3) is 0 Å². The summed E-state index contributed by atoms with van der Waals surface area (Å²) in [5, 5.41) is 3.49. The van der Waals surface area contributed by atoms with E-state index >= 15 is 0 Å². The highest BCUT2D eigenvalue weighted by Crippen LogP contribution is 2.14. The van der Waals surface area contributed by atoms with Gasteiger partial charge in [0, 0.05) is 13.1 Å². The lowest BCUT2D eigenvalue weighted by Gasteiger charge is -2.28. The highest BCUT2D eigenvalue weighted by molar-refractivity contribution is 5.85. The Bertz CT molecular complexity index is 348. The maximum Gasteiger partial charge on any atom is 0.0233 e. The fourth-order valence-corrected chi connectivity index (χ4v) is 2.66. The molecule has 0 aromatic heterocycles. The molecule has 18 heavy (non-hydrogen) atoms. The molecule has 102 valence electrons. The van der Waals surface area contributed by atoms with Crippen molar-refractivity contribution in [1.29, 1.82) is 0 Å². The first-order valence-corrected chi connectivity index (χ1v) is 6.69. The largest absolute Gasteiger partial charge is 0.316 e. The average Bonchev–Trinajstić information content (AvgIpc) is 2.33. The van der Waals surface area contributed by atoms with Crippen molar-refractivity contribution in [1.82, 2.24) is 10.2 Å². The second kappa shape index (κ2) is 7.78. The zero-order valence-corrected chi connectivity index (χ0v) is 12.3. The van der Waals surface area contributed by atoms with E-state index in [1.165, 1.54) is 43.6 Å². The molecule has 3 heteroatoms. The van der Waals surface area contributed by atoms with Crippen LogP contribution in [0.15, 0.2) is 24.3 Å². The van der Waals surface area contributed by atoms with Gasteiger partial charge < -0.3 is 10.2 Å². The Labute approximate surface area is 117 Å². The third-order valence-corrected chi connectivity index (χ3v) is 3.67. The minimum Gasteiger partial charge on any atom is -0.316 e. The minimum atomic E-state index is 0. The molecule has 1 N–H and O–H groups in total. The summed E-state index contributed by atoms with van der Waals surface area (Å²) in [6, 6.07) is 8.69. The van der Waals surface area contributed by atoms with E-state index in [4.69, 9.17) is 0 Å². The van der Waals surface area contributed by atoms with E-state index < -0.39 is 0 Å². The lowest BCUT2D eigenvalue weighted by molar-refractivity contribution is 0.237. The summed E-state index contributed by atoms with van der Waals surface area (Å²) in [5.41, 5.74) is 2.86. The molecule has 1 unspecified atom stereocenters. The smallest absolute Gasteiger partial charge is 0.0233 e. The molecule has 0 amide bonds. The molecular formula is C15H25ClN2. The Hall–Kier alpha value is -0.570. The van der Waals surface area contributed by atoms with Crippen LogP contribution in [0.4, 0.5) is 0 Å². The highest BCUT2D eigenvalue weighted by Gasteiger charge is 2.15. The molecule has 0 bridgehead atoms. The van der Waals surface area contributed by atoms with Gasteiger partial charge in [-0.2, -0.15) is 0 Å². The van der Waals surface area contributed by atoms with Gasteiger partial charge in [-0.05, 0) is 56.9 Å². The van der Waals surface area contributed by atoms with Crippen molar-refractivity contribution in [3.63, 3.8) is 0 Å². The normalized spacial score (nSPS) is 19.6. The molecule has 0 saturated carbocycles. The van der Waals surface area contributed by atoms with Gasteiger partial charge in [0.15, 0.2) is 0 Å². The minimum absolute atomic E-state index is 0. The van der Waals surface area contributed by atoms with E-state index in [1.807, 2.05) is 0 Å². The number of nitrogens with zero attached hydrogens (tertiary/aromatic N) is 1. The monoisotopic (exact) mass is 268 g/mol. The number of hydrogen-bond acceptors (Lipinski definition) is 2. The van der Waals surface area contributed by atoms with E-state index in [0.717, 1.165) is 12.5 Å². The average molecular weight is 269 g/mol. The Balaban J connectivity index is 0.00000162. The van der Waals surface area contributed by atoms with Gasteiger partial charge in [-0.15, -0.1) is 12.4 Å². The van der Waals surface area contributed by atoms with E-state index in [2.05, 4.69) is 48.5 Å². The molecular weight excluding hydrogens is 244 g/mol. The first kappa shape index (κ1) is 15.5. The third-order valence-electron chi connectivity index (χ3n) is 3.67. The predicted molar refractivity (Wildman–Crippen MR) is 80.4 cm³/mol. The number of aryl methyl sites for hydroxylation is 1. The number of nitrogens with one attached hydrogen (secondary N) is 1. The number of halogens is 1. The molecule has 1 aromatic carbocycles. The molecule has 1 fully saturated rings. The van der Waals surface area contributed by atoms with Gasteiger partial charge in [-0.1, -0.05) is 24.3 Å². The zero-order valence-electron chi connectivity index (χ0n) is 11.5. The summed E-state index contributed by atoms with van der Waals surface area (Å²) in [6.07, 6.45) is 2.72. The Kier molecular flexibility index (Phi) is 6.69. The second-order valence-corrected chi connectivity index (χ2v) is 5.34. The number of rotatable bonds is 4. The second-order valence-electron chi connectivity index (χ2n) is 5.34. The molecule has 0 radical (unpaired) electrons. The summed E-state index contributed by atoms with van der Waals surface area (Å²) in [7, 11) is 2.24.